The molecule has 1 aliphatic heterocycles. The van der Waals surface area contributed by atoms with E-state index < -0.39 is 27.9 Å². The third-order valence-corrected chi connectivity index (χ3v) is 4.66. The Hall–Kier alpha value is -2.44. The molecule has 0 saturated carbocycles. The highest BCUT2D eigenvalue weighted by atomic mass is 16.6. The van der Waals surface area contributed by atoms with Crippen molar-refractivity contribution in [2.75, 3.05) is 0 Å². The maximum Gasteiger partial charge on any atom is 0.414 e. The third-order valence-electron chi connectivity index (χ3n) is 4.66. The Bertz CT molecular complexity index is 647. The minimum absolute atomic E-state index is 0.0175. The maximum atomic E-state index is 12.1. The largest absolute Gasteiger partial charge is 0.465 e. The van der Waals surface area contributed by atoms with E-state index in [0.717, 1.165) is 10.5 Å². The molecule has 1 N–H and O–H groups in total. The van der Waals surface area contributed by atoms with Gasteiger partial charge in [0.25, 0.3) is 5.69 Å². The molecular weight excluding hydrogens is 300 g/mol. The zero-order valence-corrected chi connectivity index (χ0v) is 13.4. The van der Waals surface area contributed by atoms with Crippen molar-refractivity contribution < 1.29 is 19.6 Å². The molecular formula is C16H20N2O5. The van der Waals surface area contributed by atoms with E-state index in [4.69, 9.17) is 0 Å². The van der Waals surface area contributed by atoms with Gasteiger partial charge in [-0.3, -0.25) is 14.9 Å². The molecule has 0 radical (unpaired) electrons. The Morgan fingerprint density at radius 2 is 1.91 bits per heavy atom. The molecule has 1 fully saturated rings. The molecule has 1 saturated heterocycles. The normalized spacial score (nSPS) is 21.5. The van der Waals surface area contributed by atoms with E-state index in [-0.39, 0.29) is 12.1 Å². The standard InChI is InChI=1S/C16H20N2O5/c1-15(2,3)16(9-8-13(19)17(16)14(20)21)10-11-4-6-12(7-5-11)18(22)23/h4-7H,8-10H2,1-3H3,(H,20,21). The number of hydrogen-bond acceptors (Lipinski definition) is 4. The molecule has 23 heavy (non-hydrogen) atoms. The molecule has 1 aromatic rings. The highest BCUT2D eigenvalue weighted by Gasteiger charge is 2.55. The number of hydrogen-bond donors (Lipinski definition) is 1. The monoisotopic (exact) mass is 320 g/mol. The van der Waals surface area contributed by atoms with E-state index in [1.165, 1.54) is 12.1 Å². The van der Waals surface area contributed by atoms with Crippen molar-refractivity contribution in [1.82, 2.24) is 4.90 Å². The van der Waals surface area contributed by atoms with Gasteiger partial charge in [0, 0.05) is 18.6 Å². The smallest absolute Gasteiger partial charge is 0.414 e. The van der Waals surface area contributed by atoms with Gasteiger partial charge < -0.3 is 5.11 Å². The summed E-state index contributed by atoms with van der Waals surface area (Å²) in [5, 5.41) is 20.2. The Balaban J connectivity index is 2.42. The Labute approximate surface area is 134 Å². The first kappa shape index (κ1) is 16.9. The van der Waals surface area contributed by atoms with Crippen LogP contribution in [0.4, 0.5) is 10.5 Å². The lowest BCUT2D eigenvalue weighted by atomic mass is 9.68. The number of nitro benzene ring substituents is 1. The fraction of sp³-hybridized carbons (Fsp3) is 0.500. The second kappa shape index (κ2) is 5.64. The number of non-ortho nitro benzene ring substituents is 1. The summed E-state index contributed by atoms with van der Waals surface area (Å²) in [6, 6.07) is 6.03. The Morgan fingerprint density at radius 3 is 2.35 bits per heavy atom. The summed E-state index contributed by atoms with van der Waals surface area (Å²) in [5.41, 5.74) is -0.562. The van der Waals surface area contributed by atoms with Gasteiger partial charge in [-0.1, -0.05) is 32.9 Å². The van der Waals surface area contributed by atoms with Gasteiger partial charge in [0.2, 0.25) is 5.91 Å². The number of carbonyl (C=O) groups excluding carboxylic acids is 1. The summed E-state index contributed by atoms with van der Waals surface area (Å²) >= 11 is 0. The number of carbonyl (C=O) groups is 2. The average molecular weight is 320 g/mol. The molecule has 0 spiro atoms. The fourth-order valence-corrected chi connectivity index (χ4v) is 3.28. The number of rotatable bonds is 3. The Kier molecular flexibility index (Phi) is 4.15. The minimum atomic E-state index is -1.25. The number of benzene rings is 1. The number of nitro groups is 1. The molecule has 1 atom stereocenters. The van der Waals surface area contributed by atoms with Gasteiger partial charge in [0.1, 0.15) is 0 Å². The minimum Gasteiger partial charge on any atom is -0.465 e. The first-order chi connectivity index (χ1) is 10.6. The lowest BCUT2D eigenvalue weighted by Gasteiger charge is -2.46. The summed E-state index contributed by atoms with van der Waals surface area (Å²) in [6.45, 7) is 5.73. The zero-order valence-electron chi connectivity index (χ0n) is 13.4. The van der Waals surface area contributed by atoms with Gasteiger partial charge in [0.15, 0.2) is 0 Å². The Morgan fingerprint density at radius 1 is 1.35 bits per heavy atom. The average Bonchev–Trinajstić information content (AvgIpc) is 2.77. The molecule has 1 aliphatic rings. The number of nitrogens with zero attached hydrogens (tertiary/aromatic N) is 2. The molecule has 0 aliphatic carbocycles. The molecule has 1 unspecified atom stereocenters. The van der Waals surface area contributed by atoms with Crippen LogP contribution in [0.3, 0.4) is 0 Å². The first-order valence-electron chi connectivity index (χ1n) is 7.38. The van der Waals surface area contributed by atoms with Crippen molar-refractivity contribution >= 4 is 17.7 Å². The lowest BCUT2D eigenvalue weighted by molar-refractivity contribution is -0.384. The van der Waals surface area contributed by atoms with E-state index in [2.05, 4.69) is 0 Å². The van der Waals surface area contributed by atoms with Crippen LogP contribution in [0.15, 0.2) is 24.3 Å². The van der Waals surface area contributed by atoms with Gasteiger partial charge in [-0.05, 0) is 23.8 Å². The molecule has 124 valence electrons. The van der Waals surface area contributed by atoms with Crippen LogP contribution in [0, 0.1) is 15.5 Å². The maximum absolute atomic E-state index is 12.1. The fourth-order valence-electron chi connectivity index (χ4n) is 3.28. The van der Waals surface area contributed by atoms with Gasteiger partial charge in [0.05, 0.1) is 10.5 Å². The molecule has 2 rings (SSSR count). The first-order valence-corrected chi connectivity index (χ1v) is 7.38. The van der Waals surface area contributed by atoms with E-state index >= 15 is 0 Å². The molecule has 7 heteroatoms. The SMILES string of the molecule is CC(C)(C)C1(Cc2ccc([N+](=O)[O-])cc2)CCC(=O)N1C(=O)O. The van der Waals surface area contributed by atoms with Crippen molar-refractivity contribution in [3.8, 4) is 0 Å². The van der Waals surface area contributed by atoms with Crippen molar-refractivity contribution in [3.05, 3.63) is 39.9 Å². The van der Waals surface area contributed by atoms with Crippen LogP contribution in [0.2, 0.25) is 0 Å². The van der Waals surface area contributed by atoms with E-state index in [9.17, 15) is 24.8 Å². The number of carboxylic acid groups (broad SMARTS) is 1. The highest BCUT2D eigenvalue weighted by molar-refractivity contribution is 5.94. The predicted octanol–water partition coefficient (Wildman–Crippen LogP) is 3.22. The number of imide groups is 1. The van der Waals surface area contributed by atoms with Crippen LogP contribution in [0.1, 0.15) is 39.2 Å². The number of likely N-dealkylation sites (tertiary alicyclic amines) is 1. The van der Waals surface area contributed by atoms with Gasteiger partial charge in [-0.2, -0.15) is 0 Å². The summed E-state index contributed by atoms with van der Waals surface area (Å²) in [6.07, 6.45) is -0.272. The van der Waals surface area contributed by atoms with E-state index in [0.29, 0.717) is 12.8 Å². The van der Waals surface area contributed by atoms with Crippen LogP contribution in [-0.2, 0) is 11.2 Å². The van der Waals surface area contributed by atoms with Crippen molar-refractivity contribution in [3.63, 3.8) is 0 Å². The topological polar surface area (TPSA) is 101 Å². The molecule has 7 nitrogen and oxygen atoms in total. The van der Waals surface area contributed by atoms with Crippen LogP contribution < -0.4 is 0 Å². The molecule has 1 aromatic carbocycles. The second-order valence-electron chi connectivity index (χ2n) is 6.89. The summed E-state index contributed by atoms with van der Waals surface area (Å²) in [5.74, 6) is -0.394. The second-order valence-corrected chi connectivity index (χ2v) is 6.89. The molecule has 0 aromatic heterocycles. The van der Waals surface area contributed by atoms with Crippen molar-refractivity contribution in [2.45, 2.75) is 45.6 Å². The predicted molar refractivity (Wildman–Crippen MR) is 83.1 cm³/mol. The van der Waals surface area contributed by atoms with Crippen molar-refractivity contribution in [1.29, 1.82) is 0 Å². The third kappa shape index (κ3) is 2.91. The van der Waals surface area contributed by atoms with Crippen LogP contribution >= 0.6 is 0 Å². The van der Waals surface area contributed by atoms with Crippen LogP contribution in [-0.4, -0.2) is 32.5 Å². The van der Waals surface area contributed by atoms with E-state index in [1.54, 1.807) is 12.1 Å². The van der Waals surface area contributed by atoms with Crippen LogP contribution in [0.25, 0.3) is 0 Å². The molecule has 2 amide bonds. The van der Waals surface area contributed by atoms with Gasteiger partial charge >= 0.3 is 6.09 Å². The zero-order chi connectivity index (χ0) is 17.4. The molecule has 0 bridgehead atoms. The van der Waals surface area contributed by atoms with Crippen molar-refractivity contribution in [2.24, 2.45) is 5.41 Å². The van der Waals surface area contributed by atoms with Gasteiger partial charge in [-0.15, -0.1) is 0 Å². The van der Waals surface area contributed by atoms with Gasteiger partial charge in [-0.25, -0.2) is 9.69 Å². The summed E-state index contributed by atoms with van der Waals surface area (Å²) < 4.78 is 0. The highest BCUT2D eigenvalue weighted by Crippen LogP contribution is 2.46. The van der Waals surface area contributed by atoms with Crippen LogP contribution in [0.5, 0.6) is 0 Å². The number of amides is 2. The molecule has 1 heterocycles. The quantitative estimate of drug-likeness (QED) is 0.680. The van der Waals surface area contributed by atoms with E-state index in [1.807, 2.05) is 20.8 Å². The lowest BCUT2D eigenvalue weighted by Crippen LogP contribution is -2.58. The summed E-state index contributed by atoms with van der Waals surface area (Å²) in [4.78, 5) is 34.9. The summed E-state index contributed by atoms with van der Waals surface area (Å²) in [7, 11) is 0.